The predicted octanol–water partition coefficient (Wildman–Crippen LogP) is 5.45. The Morgan fingerprint density at radius 1 is 1.03 bits per heavy atom. The van der Waals surface area contributed by atoms with Crippen molar-refractivity contribution in [3.8, 4) is 5.69 Å². The van der Waals surface area contributed by atoms with Gasteiger partial charge >= 0.3 is 0 Å². The highest BCUT2D eigenvalue weighted by Crippen LogP contribution is 2.33. The van der Waals surface area contributed by atoms with Crippen LogP contribution in [0.15, 0.2) is 52.0 Å². The maximum Gasteiger partial charge on any atom is 0.236 e. The monoisotopic (exact) mass is 525 g/mol. The molecule has 0 atom stereocenters. The van der Waals surface area contributed by atoms with Gasteiger partial charge in [0.05, 0.1) is 11.4 Å². The zero-order valence-corrected chi connectivity index (χ0v) is 22.7. The molecule has 0 aliphatic rings. The number of aromatic nitrogens is 6. The maximum atomic E-state index is 12.5. The van der Waals surface area contributed by atoms with E-state index in [1.54, 1.807) is 16.4 Å². The summed E-state index contributed by atoms with van der Waals surface area (Å²) in [4.78, 5) is 12.5. The van der Waals surface area contributed by atoms with E-state index in [9.17, 15) is 4.79 Å². The molecule has 4 rings (SSSR count). The summed E-state index contributed by atoms with van der Waals surface area (Å²) in [6.07, 6.45) is 0. The van der Waals surface area contributed by atoms with Crippen LogP contribution in [0.4, 0.5) is 5.13 Å². The fourth-order valence-electron chi connectivity index (χ4n) is 3.39. The van der Waals surface area contributed by atoms with Gasteiger partial charge in [-0.05, 0) is 64.1 Å². The van der Waals surface area contributed by atoms with Crippen LogP contribution in [-0.2, 0) is 16.0 Å². The molecule has 0 aliphatic heterocycles. The topological polar surface area (TPSA) is 98.5 Å². The highest BCUT2D eigenvalue weighted by molar-refractivity contribution is 8.00. The molecule has 0 radical (unpaired) electrons. The number of para-hydroxylation sites is 1. The van der Waals surface area contributed by atoms with Gasteiger partial charge in [0.1, 0.15) is 0 Å². The van der Waals surface area contributed by atoms with Crippen LogP contribution in [0, 0.1) is 13.8 Å². The molecule has 0 bridgehead atoms. The van der Waals surface area contributed by atoms with Gasteiger partial charge in [0.2, 0.25) is 16.2 Å². The van der Waals surface area contributed by atoms with Crippen LogP contribution < -0.4 is 5.32 Å². The molecule has 0 saturated carbocycles. The fourth-order valence-corrected chi connectivity index (χ4v) is 6.05. The summed E-state index contributed by atoms with van der Waals surface area (Å²) in [7, 11) is 0. The zero-order valence-electron chi connectivity index (χ0n) is 20.3. The third-order valence-electron chi connectivity index (χ3n) is 5.33. The summed E-state index contributed by atoms with van der Waals surface area (Å²) < 4.78 is 2.43. The Morgan fingerprint density at radius 2 is 1.74 bits per heavy atom. The first-order chi connectivity index (χ1) is 16.7. The summed E-state index contributed by atoms with van der Waals surface area (Å²) in [6, 6.07) is 14.1. The van der Waals surface area contributed by atoms with Gasteiger partial charge in [-0.15, -0.1) is 15.3 Å². The van der Waals surface area contributed by atoms with Crippen molar-refractivity contribution in [3.05, 3.63) is 64.7 Å². The summed E-state index contributed by atoms with van der Waals surface area (Å²) in [5, 5.41) is 24.0. The predicted molar refractivity (Wildman–Crippen MR) is 143 cm³/mol. The van der Waals surface area contributed by atoms with E-state index in [0.717, 1.165) is 15.8 Å². The van der Waals surface area contributed by atoms with Crippen molar-refractivity contribution in [3.63, 3.8) is 0 Å². The number of aryl methyl sites for hydroxylation is 2. The minimum Gasteiger partial charge on any atom is -0.300 e. The summed E-state index contributed by atoms with van der Waals surface area (Å²) in [6.45, 7) is 11.0. The molecule has 35 heavy (non-hydrogen) atoms. The summed E-state index contributed by atoms with van der Waals surface area (Å²) in [5.74, 6) is 0.783. The third-order valence-corrected chi connectivity index (χ3v) is 8.25. The first-order valence-corrected chi connectivity index (χ1v) is 13.8. The zero-order chi connectivity index (χ0) is 25.0. The number of nitrogens with one attached hydrogen (secondary N) is 1. The van der Waals surface area contributed by atoms with Crippen LogP contribution in [0.1, 0.15) is 43.0 Å². The lowest BCUT2D eigenvalue weighted by atomic mass is 9.84. The van der Waals surface area contributed by atoms with Crippen molar-refractivity contribution in [1.82, 2.24) is 30.4 Å². The van der Waals surface area contributed by atoms with E-state index in [2.05, 4.69) is 77.8 Å². The molecular formula is C24H27N7OS3. The second kappa shape index (κ2) is 10.9. The van der Waals surface area contributed by atoms with Crippen molar-refractivity contribution < 1.29 is 4.79 Å². The fraction of sp³-hybridized carbons (Fsp3) is 0.333. The molecule has 0 spiro atoms. The highest BCUT2D eigenvalue weighted by Gasteiger charge is 2.17. The molecular weight excluding hydrogens is 499 g/mol. The maximum absolute atomic E-state index is 12.5. The Kier molecular flexibility index (Phi) is 7.88. The van der Waals surface area contributed by atoms with E-state index >= 15 is 0 Å². The molecule has 2 heterocycles. The average Bonchev–Trinajstić information content (AvgIpc) is 3.46. The number of thioether (sulfide) groups is 2. The Bertz CT molecular complexity index is 1290. The lowest BCUT2D eigenvalue weighted by molar-refractivity contribution is -0.113. The van der Waals surface area contributed by atoms with Crippen LogP contribution in [0.3, 0.4) is 0 Å². The van der Waals surface area contributed by atoms with Crippen LogP contribution in [0.2, 0.25) is 0 Å². The Labute approximate surface area is 217 Å². The van der Waals surface area contributed by atoms with E-state index in [1.165, 1.54) is 45.4 Å². The number of carbonyl (C=O) groups is 1. The Balaban J connectivity index is 1.32. The molecule has 1 N–H and O–H groups in total. The molecule has 0 saturated heterocycles. The number of amides is 1. The SMILES string of the molecule is Cc1cc(C(C)(C)C)cc(C)c1CSc1nnc(NC(=O)CSc2nnnn2-c2ccccc2)s1. The Hall–Kier alpha value is -2.76. The number of tetrazole rings is 1. The average molecular weight is 526 g/mol. The first kappa shape index (κ1) is 25.3. The number of hydrogen-bond acceptors (Lipinski definition) is 9. The van der Waals surface area contributed by atoms with E-state index < -0.39 is 0 Å². The summed E-state index contributed by atoms with van der Waals surface area (Å²) in [5.41, 5.74) is 6.20. The number of hydrogen-bond donors (Lipinski definition) is 1. The first-order valence-electron chi connectivity index (χ1n) is 11.0. The summed E-state index contributed by atoms with van der Waals surface area (Å²) >= 11 is 4.27. The molecule has 0 fully saturated rings. The van der Waals surface area contributed by atoms with Crippen molar-refractivity contribution >= 4 is 45.9 Å². The van der Waals surface area contributed by atoms with Crippen LogP contribution >= 0.6 is 34.9 Å². The Morgan fingerprint density at radius 3 is 2.43 bits per heavy atom. The van der Waals surface area contributed by atoms with Crippen molar-refractivity contribution in [2.24, 2.45) is 0 Å². The minimum atomic E-state index is -0.185. The quantitative estimate of drug-likeness (QED) is 0.239. The minimum absolute atomic E-state index is 0.125. The van der Waals surface area contributed by atoms with Crippen molar-refractivity contribution in [2.75, 3.05) is 11.1 Å². The van der Waals surface area contributed by atoms with Crippen LogP contribution in [0.25, 0.3) is 5.69 Å². The van der Waals surface area contributed by atoms with E-state index in [0.29, 0.717) is 10.3 Å². The molecule has 0 aliphatic carbocycles. The third kappa shape index (κ3) is 6.47. The molecule has 0 unspecified atom stereocenters. The number of nitrogens with zero attached hydrogens (tertiary/aromatic N) is 6. The normalized spacial score (nSPS) is 11.6. The standard InChI is InChI=1S/C24H27N7OS3/c1-15-11-17(24(3,4)5)12-16(2)19(15)13-34-23-28-26-21(35-23)25-20(32)14-33-22-27-29-30-31(22)18-9-7-6-8-10-18/h6-12H,13-14H2,1-5H3,(H,25,26,32). The molecule has 1 amide bonds. The second-order valence-electron chi connectivity index (χ2n) is 9.05. The van der Waals surface area contributed by atoms with Gasteiger partial charge in [0.15, 0.2) is 4.34 Å². The second-order valence-corrected chi connectivity index (χ2v) is 12.2. The van der Waals surface area contributed by atoms with Gasteiger partial charge < -0.3 is 0 Å². The van der Waals surface area contributed by atoms with E-state index in [-0.39, 0.29) is 17.1 Å². The molecule has 2 aromatic carbocycles. The van der Waals surface area contributed by atoms with E-state index in [4.69, 9.17) is 0 Å². The smallest absolute Gasteiger partial charge is 0.236 e. The van der Waals surface area contributed by atoms with Gasteiger partial charge in [0.25, 0.3) is 0 Å². The number of anilines is 1. The van der Waals surface area contributed by atoms with Gasteiger partial charge in [-0.1, -0.05) is 86.0 Å². The highest BCUT2D eigenvalue weighted by atomic mass is 32.2. The largest absolute Gasteiger partial charge is 0.300 e. The lowest BCUT2D eigenvalue weighted by Crippen LogP contribution is -2.14. The van der Waals surface area contributed by atoms with Gasteiger partial charge in [0, 0.05) is 5.75 Å². The number of carbonyl (C=O) groups excluding carboxylic acids is 1. The van der Waals surface area contributed by atoms with Crippen LogP contribution in [-0.4, -0.2) is 42.1 Å². The molecule has 2 aromatic heterocycles. The van der Waals surface area contributed by atoms with Gasteiger partial charge in [-0.2, -0.15) is 4.68 Å². The van der Waals surface area contributed by atoms with E-state index in [1.807, 2.05) is 30.3 Å². The molecule has 182 valence electrons. The number of benzene rings is 2. The molecule has 11 heteroatoms. The molecule has 4 aromatic rings. The lowest BCUT2D eigenvalue weighted by Gasteiger charge is -2.22. The van der Waals surface area contributed by atoms with Crippen molar-refractivity contribution in [1.29, 1.82) is 0 Å². The van der Waals surface area contributed by atoms with Crippen LogP contribution in [0.5, 0.6) is 0 Å². The number of rotatable bonds is 8. The van der Waals surface area contributed by atoms with Gasteiger partial charge in [-0.3, -0.25) is 10.1 Å². The van der Waals surface area contributed by atoms with Crippen molar-refractivity contribution in [2.45, 2.75) is 55.3 Å². The van der Waals surface area contributed by atoms with Gasteiger partial charge in [-0.25, -0.2) is 0 Å². The molecule has 8 nitrogen and oxygen atoms in total.